The Hall–Kier alpha value is -1.32. The first-order valence-corrected chi connectivity index (χ1v) is 9.60. The fraction of sp³-hybridized carbons (Fsp3) is 0.800. The van der Waals surface area contributed by atoms with E-state index >= 15 is 0 Å². The molecule has 0 spiro atoms. The topological polar surface area (TPSA) is 46.6 Å². The molecule has 1 saturated heterocycles. The summed E-state index contributed by atoms with van der Waals surface area (Å²) in [4.78, 5) is 26.2. The second kappa shape index (κ2) is 5.89. The molecule has 4 nitrogen and oxygen atoms in total. The first-order chi connectivity index (χ1) is 11.5. The van der Waals surface area contributed by atoms with Gasteiger partial charge < -0.3 is 4.74 Å². The van der Waals surface area contributed by atoms with Crippen molar-refractivity contribution in [3.63, 3.8) is 0 Å². The van der Waals surface area contributed by atoms with Gasteiger partial charge in [0.25, 0.3) is 0 Å². The normalized spacial score (nSPS) is 39.6. The number of amides is 2. The minimum atomic E-state index is -0.466. The molecule has 0 radical (unpaired) electrons. The van der Waals surface area contributed by atoms with E-state index in [1.807, 2.05) is 6.08 Å². The molecule has 5 fully saturated rings. The van der Waals surface area contributed by atoms with Gasteiger partial charge in [-0.15, -0.1) is 6.58 Å². The van der Waals surface area contributed by atoms with E-state index in [9.17, 15) is 9.59 Å². The highest BCUT2D eigenvalue weighted by atomic mass is 16.6. The van der Waals surface area contributed by atoms with Crippen LogP contribution in [-0.4, -0.2) is 30.1 Å². The van der Waals surface area contributed by atoms with Crippen molar-refractivity contribution < 1.29 is 14.3 Å². The standard InChI is InChI=1S/C20H29NO3/c1-3-13(2)17(18(22)21-4-5-24-19(21)23)12-20-9-14-6-15(10-20)8-16(7-14)11-20/h3,13-17H,1,4-12H2,2H3/t13-,14?,15?,16?,17-,20?/m1/s1. The van der Waals surface area contributed by atoms with E-state index in [1.54, 1.807) is 0 Å². The summed E-state index contributed by atoms with van der Waals surface area (Å²) in [6.45, 7) is 6.72. The number of cyclic esters (lactones) is 1. The first kappa shape index (κ1) is 16.2. The molecule has 0 aromatic carbocycles. The Kier molecular flexibility index (Phi) is 3.97. The monoisotopic (exact) mass is 331 g/mol. The Morgan fingerprint density at radius 3 is 2.33 bits per heavy atom. The maximum absolute atomic E-state index is 13.1. The van der Waals surface area contributed by atoms with E-state index in [4.69, 9.17) is 4.74 Å². The predicted octanol–water partition coefficient (Wildman–Crippen LogP) is 4.01. The molecule has 0 N–H and O–H groups in total. The molecular weight excluding hydrogens is 302 g/mol. The summed E-state index contributed by atoms with van der Waals surface area (Å²) in [6, 6.07) is 0. The molecule has 2 atom stereocenters. The summed E-state index contributed by atoms with van der Waals surface area (Å²) in [7, 11) is 0. The largest absolute Gasteiger partial charge is 0.447 e. The van der Waals surface area contributed by atoms with Crippen LogP contribution in [-0.2, 0) is 9.53 Å². The van der Waals surface area contributed by atoms with Crippen LogP contribution < -0.4 is 0 Å². The number of imide groups is 1. The van der Waals surface area contributed by atoms with E-state index in [0.29, 0.717) is 18.6 Å². The van der Waals surface area contributed by atoms with E-state index in [-0.39, 0.29) is 17.7 Å². The fourth-order valence-corrected chi connectivity index (χ4v) is 6.46. The third-order valence-corrected chi connectivity index (χ3v) is 7.17. The highest BCUT2D eigenvalue weighted by Crippen LogP contribution is 2.62. The number of carbonyl (C=O) groups is 2. The van der Waals surface area contributed by atoms with E-state index < -0.39 is 6.09 Å². The summed E-state index contributed by atoms with van der Waals surface area (Å²) in [6.07, 6.45) is 10.4. The van der Waals surface area contributed by atoms with Gasteiger partial charge in [0.2, 0.25) is 5.91 Å². The number of hydrogen-bond acceptors (Lipinski definition) is 3. The van der Waals surface area contributed by atoms with E-state index in [1.165, 1.54) is 43.4 Å². The summed E-state index contributed by atoms with van der Waals surface area (Å²) >= 11 is 0. The molecule has 4 aliphatic carbocycles. The van der Waals surface area contributed by atoms with Gasteiger partial charge in [0, 0.05) is 5.92 Å². The smallest absolute Gasteiger partial charge is 0.416 e. The van der Waals surface area contributed by atoms with Gasteiger partial charge in [-0.1, -0.05) is 13.0 Å². The van der Waals surface area contributed by atoms with Crippen LogP contribution in [0.3, 0.4) is 0 Å². The van der Waals surface area contributed by atoms with Gasteiger partial charge in [-0.2, -0.15) is 0 Å². The molecule has 5 aliphatic rings. The Morgan fingerprint density at radius 2 is 1.88 bits per heavy atom. The van der Waals surface area contributed by atoms with Gasteiger partial charge in [-0.05, 0) is 74.0 Å². The maximum Gasteiger partial charge on any atom is 0.416 e. The summed E-state index contributed by atoms with van der Waals surface area (Å²) < 4.78 is 4.98. The minimum Gasteiger partial charge on any atom is -0.447 e. The Bertz CT molecular complexity index is 520. The number of carbonyl (C=O) groups excluding carboxylic acids is 2. The van der Waals surface area contributed by atoms with E-state index in [2.05, 4.69) is 13.5 Å². The van der Waals surface area contributed by atoms with Gasteiger partial charge in [0.05, 0.1) is 6.54 Å². The summed E-state index contributed by atoms with van der Waals surface area (Å²) in [5.74, 6) is 2.55. The Balaban J connectivity index is 1.55. The maximum atomic E-state index is 13.1. The van der Waals surface area contributed by atoms with Crippen LogP contribution in [0.2, 0.25) is 0 Å². The number of nitrogens with zero attached hydrogens (tertiary/aromatic N) is 1. The van der Waals surface area contributed by atoms with Crippen LogP contribution >= 0.6 is 0 Å². The lowest BCUT2D eigenvalue weighted by Gasteiger charge is -2.58. The average Bonchev–Trinajstić information content (AvgIpc) is 2.96. The summed E-state index contributed by atoms with van der Waals surface area (Å²) in [5.41, 5.74) is 0.329. The van der Waals surface area contributed by atoms with Gasteiger partial charge in [-0.25, -0.2) is 9.69 Å². The molecule has 0 unspecified atom stereocenters. The van der Waals surface area contributed by atoms with Crippen LogP contribution in [0.5, 0.6) is 0 Å². The lowest BCUT2D eigenvalue weighted by Crippen LogP contribution is -2.49. The van der Waals surface area contributed by atoms with Gasteiger partial charge in [0.1, 0.15) is 6.61 Å². The Morgan fingerprint density at radius 1 is 1.29 bits per heavy atom. The molecular formula is C20H29NO3. The third kappa shape index (κ3) is 2.68. The van der Waals surface area contributed by atoms with Crippen LogP contribution in [0.25, 0.3) is 0 Å². The van der Waals surface area contributed by atoms with Crippen LogP contribution in [0.4, 0.5) is 4.79 Å². The van der Waals surface area contributed by atoms with Crippen molar-refractivity contribution in [3.05, 3.63) is 12.7 Å². The zero-order valence-corrected chi connectivity index (χ0v) is 14.7. The molecule has 4 bridgehead atoms. The average molecular weight is 331 g/mol. The number of rotatable bonds is 5. The van der Waals surface area contributed by atoms with Crippen molar-refractivity contribution in [2.75, 3.05) is 13.2 Å². The van der Waals surface area contributed by atoms with Crippen molar-refractivity contribution in [3.8, 4) is 0 Å². The molecule has 132 valence electrons. The van der Waals surface area contributed by atoms with Crippen molar-refractivity contribution in [2.45, 2.75) is 51.9 Å². The number of allylic oxidation sites excluding steroid dienone is 1. The lowest BCUT2D eigenvalue weighted by molar-refractivity contribution is -0.137. The van der Waals surface area contributed by atoms with Crippen molar-refractivity contribution >= 4 is 12.0 Å². The summed E-state index contributed by atoms with van der Waals surface area (Å²) in [5, 5.41) is 0. The lowest BCUT2D eigenvalue weighted by atomic mass is 9.47. The van der Waals surface area contributed by atoms with Crippen molar-refractivity contribution in [2.24, 2.45) is 35.0 Å². The molecule has 24 heavy (non-hydrogen) atoms. The second-order valence-corrected chi connectivity index (χ2v) is 8.93. The van der Waals surface area contributed by atoms with E-state index in [0.717, 1.165) is 24.2 Å². The van der Waals surface area contributed by atoms with Crippen LogP contribution in [0.15, 0.2) is 12.7 Å². The van der Waals surface area contributed by atoms with Crippen LogP contribution in [0, 0.1) is 35.0 Å². The van der Waals surface area contributed by atoms with Gasteiger partial charge in [0.15, 0.2) is 0 Å². The second-order valence-electron chi connectivity index (χ2n) is 8.93. The molecule has 2 amide bonds. The minimum absolute atomic E-state index is 0.0411. The molecule has 4 saturated carbocycles. The molecule has 5 rings (SSSR count). The van der Waals surface area contributed by atoms with Gasteiger partial charge >= 0.3 is 6.09 Å². The molecule has 4 heteroatoms. The van der Waals surface area contributed by atoms with Crippen molar-refractivity contribution in [1.29, 1.82) is 0 Å². The predicted molar refractivity (Wildman–Crippen MR) is 91.1 cm³/mol. The zero-order valence-electron chi connectivity index (χ0n) is 14.7. The number of hydrogen-bond donors (Lipinski definition) is 0. The number of ether oxygens (including phenoxy) is 1. The molecule has 1 aliphatic heterocycles. The molecule has 0 aromatic rings. The molecule has 1 heterocycles. The fourth-order valence-electron chi connectivity index (χ4n) is 6.46. The van der Waals surface area contributed by atoms with Gasteiger partial charge in [-0.3, -0.25) is 4.79 Å². The SMILES string of the molecule is C=C[C@@H](C)[C@@H](CC12CC3CC(CC(C3)C1)C2)C(=O)N1CCOC1=O. The molecule has 0 aromatic heterocycles. The highest BCUT2D eigenvalue weighted by Gasteiger charge is 2.52. The third-order valence-electron chi connectivity index (χ3n) is 7.17. The quantitative estimate of drug-likeness (QED) is 0.715. The Labute approximate surface area is 144 Å². The first-order valence-electron chi connectivity index (χ1n) is 9.60. The highest BCUT2D eigenvalue weighted by molar-refractivity contribution is 5.94. The zero-order chi connectivity index (χ0) is 16.9. The van der Waals surface area contributed by atoms with Crippen LogP contribution in [0.1, 0.15) is 51.9 Å². The van der Waals surface area contributed by atoms with Crippen molar-refractivity contribution in [1.82, 2.24) is 4.90 Å².